The largest absolute Gasteiger partial charge is 0.383 e. The molecule has 3 amide bonds. The summed E-state index contributed by atoms with van der Waals surface area (Å²) in [7, 11) is 0. The highest BCUT2D eigenvalue weighted by Gasteiger charge is 2.42. The van der Waals surface area contributed by atoms with Crippen molar-refractivity contribution in [3.05, 3.63) is 6.07 Å². The van der Waals surface area contributed by atoms with Crippen LogP contribution in [0.1, 0.15) is 32.6 Å². The molecule has 136 valence electrons. The summed E-state index contributed by atoms with van der Waals surface area (Å²) in [6, 6.07) is 1.07. The van der Waals surface area contributed by atoms with Crippen molar-refractivity contribution in [2.75, 3.05) is 17.2 Å². The normalized spacial score (nSPS) is 25.6. The van der Waals surface area contributed by atoms with Crippen LogP contribution < -0.4 is 22.1 Å². The van der Waals surface area contributed by atoms with E-state index in [0.717, 1.165) is 23.6 Å². The summed E-state index contributed by atoms with van der Waals surface area (Å²) in [6.07, 6.45) is 5.07. The van der Waals surface area contributed by atoms with E-state index < -0.39 is 11.9 Å². The average Bonchev–Trinajstić information content (AvgIpc) is 3.15. The molecule has 2 fully saturated rings. The lowest BCUT2D eigenvalue weighted by Crippen LogP contribution is -2.47. The second-order valence-corrected chi connectivity index (χ2v) is 7.88. The third kappa shape index (κ3) is 4.53. The Labute approximate surface area is 150 Å². The van der Waals surface area contributed by atoms with E-state index in [9.17, 15) is 9.59 Å². The zero-order chi connectivity index (χ0) is 18.0. The van der Waals surface area contributed by atoms with E-state index in [1.807, 2.05) is 6.92 Å². The minimum absolute atomic E-state index is 0.0127. The maximum atomic E-state index is 12.0. The molecule has 6 N–H and O–H groups in total. The second-order valence-electron chi connectivity index (χ2n) is 6.94. The van der Waals surface area contributed by atoms with Crippen molar-refractivity contribution in [1.82, 2.24) is 20.6 Å². The number of anilines is 2. The number of carbonyl (C=O) groups is 2. The van der Waals surface area contributed by atoms with Gasteiger partial charge in [0.15, 0.2) is 5.16 Å². The molecule has 0 saturated heterocycles. The van der Waals surface area contributed by atoms with Crippen LogP contribution in [0.3, 0.4) is 0 Å². The van der Waals surface area contributed by atoms with Crippen LogP contribution in [0.15, 0.2) is 11.2 Å². The molecule has 1 aromatic rings. The molecule has 0 radical (unpaired) electrons. The Morgan fingerprint density at radius 2 is 2.00 bits per heavy atom. The summed E-state index contributed by atoms with van der Waals surface area (Å²) in [4.78, 5) is 31.9. The van der Waals surface area contributed by atoms with Crippen molar-refractivity contribution < 1.29 is 9.59 Å². The topological polar surface area (TPSA) is 136 Å². The number of nitrogens with two attached hydrogens (primary N) is 2. The van der Waals surface area contributed by atoms with Gasteiger partial charge in [-0.1, -0.05) is 18.2 Å². The van der Waals surface area contributed by atoms with Crippen LogP contribution in [-0.4, -0.2) is 33.7 Å². The zero-order valence-corrected chi connectivity index (χ0v) is 15.0. The van der Waals surface area contributed by atoms with Crippen LogP contribution in [-0.2, 0) is 4.79 Å². The molecule has 1 heterocycles. The number of thioether (sulfide) groups is 1. The number of nitrogen functional groups attached to an aromatic ring is 2. The summed E-state index contributed by atoms with van der Waals surface area (Å²) < 4.78 is 0. The predicted octanol–water partition coefficient (Wildman–Crippen LogP) is 1.38. The Balaban J connectivity index is 1.42. The molecule has 4 atom stereocenters. The highest BCUT2D eigenvalue weighted by Crippen LogP contribution is 2.49. The van der Waals surface area contributed by atoms with Gasteiger partial charge in [-0.2, -0.15) is 0 Å². The number of hydrogen-bond donors (Lipinski definition) is 4. The molecule has 2 bridgehead atoms. The summed E-state index contributed by atoms with van der Waals surface area (Å²) in [5.74, 6) is 2.16. The molecule has 0 aliphatic heterocycles. The standard InChI is InChI=1S/C16H24N6O2S/c1-8(11-5-9-2-3-10(11)4-9)19-15(24)22-14(23)7-25-16-20-12(17)6-13(18)21-16/h6,8-11H,2-5,7H2,1H3,(H4,17,18,20,21)(H2,19,22,23,24)/t8-,9-,10-,11+/m1/s1. The van der Waals surface area contributed by atoms with E-state index in [1.165, 1.54) is 31.7 Å². The van der Waals surface area contributed by atoms with Gasteiger partial charge in [0.05, 0.1) is 5.75 Å². The van der Waals surface area contributed by atoms with Crippen LogP contribution in [0, 0.1) is 17.8 Å². The SMILES string of the molecule is C[C@@H](NC(=O)NC(=O)CSc1nc(N)cc(N)n1)[C@@H]1C[C@@H]2CC[C@@H]1C2. The van der Waals surface area contributed by atoms with Crippen molar-refractivity contribution in [2.24, 2.45) is 17.8 Å². The molecule has 0 aromatic carbocycles. The molecule has 3 rings (SSSR count). The first kappa shape index (κ1) is 17.8. The summed E-state index contributed by atoms with van der Waals surface area (Å²) in [5, 5.41) is 5.56. The molecule has 2 aliphatic carbocycles. The van der Waals surface area contributed by atoms with Crippen LogP contribution in [0.2, 0.25) is 0 Å². The molecule has 2 aliphatic rings. The lowest BCUT2D eigenvalue weighted by Gasteiger charge is -2.28. The summed E-state index contributed by atoms with van der Waals surface area (Å²) >= 11 is 1.08. The molecule has 2 saturated carbocycles. The highest BCUT2D eigenvalue weighted by atomic mass is 32.2. The molecule has 0 spiro atoms. The molecule has 9 heteroatoms. The van der Waals surface area contributed by atoms with Gasteiger partial charge in [-0.25, -0.2) is 14.8 Å². The molecular formula is C16H24N6O2S. The van der Waals surface area contributed by atoms with Crippen molar-refractivity contribution in [3.8, 4) is 0 Å². The van der Waals surface area contributed by atoms with Gasteiger partial charge in [0.1, 0.15) is 11.6 Å². The Hall–Kier alpha value is -2.03. The molecular weight excluding hydrogens is 340 g/mol. The maximum absolute atomic E-state index is 12.0. The average molecular weight is 364 g/mol. The number of fused-ring (bicyclic) bond motifs is 2. The molecule has 8 nitrogen and oxygen atoms in total. The molecule has 25 heavy (non-hydrogen) atoms. The number of carbonyl (C=O) groups excluding carboxylic acids is 2. The number of aromatic nitrogens is 2. The third-order valence-electron chi connectivity index (χ3n) is 5.12. The quantitative estimate of drug-likeness (QED) is 0.458. The Morgan fingerprint density at radius 3 is 2.60 bits per heavy atom. The lowest BCUT2D eigenvalue weighted by atomic mass is 9.84. The number of amides is 3. The number of rotatable bonds is 5. The minimum atomic E-state index is -0.450. The van der Waals surface area contributed by atoms with E-state index in [-0.39, 0.29) is 23.4 Å². The van der Waals surface area contributed by atoms with E-state index in [2.05, 4.69) is 20.6 Å². The summed E-state index contributed by atoms with van der Waals surface area (Å²) in [5.41, 5.74) is 11.2. The maximum Gasteiger partial charge on any atom is 0.321 e. The van der Waals surface area contributed by atoms with Crippen molar-refractivity contribution in [1.29, 1.82) is 0 Å². The predicted molar refractivity (Wildman–Crippen MR) is 96.7 cm³/mol. The fourth-order valence-electron chi connectivity index (χ4n) is 4.08. The second kappa shape index (κ2) is 7.47. The van der Waals surface area contributed by atoms with Crippen molar-refractivity contribution in [2.45, 2.75) is 43.8 Å². The van der Waals surface area contributed by atoms with Crippen LogP contribution in [0.25, 0.3) is 0 Å². The first-order valence-corrected chi connectivity index (χ1v) is 9.52. The Kier molecular flexibility index (Phi) is 5.31. The van der Waals surface area contributed by atoms with Gasteiger partial charge in [-0.05, 0) is 43.9 Å². The number of hydrogen-bond acceptors (Lipinski definition) is 7. The van der Waals surface area contributed by atoms with E-state index in [1.54, 1.807) is 0 Å². The van der Waals surface area contributed by atoms with Gasteiger partial charge in [-0.3, -0.25) is 10.1 Å². The van der Waals surface area contributed by atoms with Crippen LogP contribution in [0.5, 0.6) is 0 Å². The first-order chi connectivity index (χ1) is 11.9. The number of nitrogens with zero attached hydrogens (tertiary/aromatic N) is 2. The lowest BCUT2D eigenvalue weighted by molar-refractivity contribution is -0.117. The van der Waals surface area contributed by atoms with Crippen molar-refractivity contribution in [3.63, 3.8) is 0 Å². The zero-order valence-electron chi connectivity index (χ0n) is 14.2. The first-order valence-electron chi connectivity index (χ1n) is 8.54. The van der Waals surface area contributed by atoms with E-state index in [4.69, 9.17) is 11.5 Å². The van der Waals surface area contributed by atoms with Gasteiger partial charge in [0, 0.05) is 12.1 Å². The van der Waals surface area contributed by atoms with Gasteiger partial charge in [0.2, 0.25) is 5.91 Å². The summed E-state index contributed by atoms with van der Waals surface area (Å²) in [6.45, 7) is 2.02. The van der Waals surface area contributed by atoms with Crippen LogP contribution in [0.4, 0.5) is 16.4 Å². The Bertz CT molecular complexity index is 650. The number of urea groups is 1. The minimum Gasteiger partial charge on any atom is -0.383 e. The van der Waals surface area contributed by atoms with Gasteiger partial charge in [-0.15, -0.1) is 0 Å². The fraction of sp³-hybridized carbons (Fsp3) is 0.625. The van der Waals surface area contributed by atoms with E-state index in [0.29, 0.717) is 11.1 Å². The number of nitrogens with one attached hydrogen (secondary N) is 2. The molecule has 1 aromatic heterocycles. The van der Waals surface area contributed by atoms with Gasteiger partial charge < -0.3 is 16.8 Å². The van der Waals surface area contributed by atoms with Crippen LogP contribution >= 0.6 is 11.8 Å². The van der Waals surface area contributed by atoms with Crippen molar-refractivity contribution >= 4 is 35.3 Å². The molecule has 0 unspecified atom stereocenters. The number of imide groups is 1. The Morgan fingerprint density at radius 1 is 1.28 bits per heavy atom. The third-order valence-corrected chi connectivity index (χ3v) is 5.97. The monoisotopic (exact) mass is 364 g/mol. The van der Waals surface area contributed by atoms with E-state index >= 15 is 0 Å². The van der Waals surface area contributed by atoms with Gasteiger partial charge >= 0.3 is 6.03 Å². The smallest absolute Gasteiger partial charge is 0.321 e. The fourth-order valence-corrected chi connectivity index (χ4v) is 4.75. The highest BCUT2D eigenvalue weighted by molar-refractivity contribution is 7.99. The van der Waals surface area contributed by atoms with Gasteiger partial charge in [0.25, 0.3) is 0 Å².